The molecule has 0 amide bonds. The van der Waals surface area contributed by atoms with Gasteiger partial charge >= 0.3 is 0 Å². The summed E-state index contributed by atoms with van der Waals surface area (Å²) in [6.45, 7) is 9.72. The monoisotopic (exact) mass is 130 g/mol. The lowest BCUT2D eigenvalue weighted by atomic mass is 10.2. The maximum absolute atomic E-state index is 5.36. The highest BCUT2D eigenvalue weighted by Crippen LogP contribution is 2.31. The van der Waals surface area contributed by atoms with Crippen molar-refractivity contribution in [3.63, 3.8) is 0 Å². The van der Waals surface area contributed by atoms with E-state index in [0.717, 1.165) is 11.4 Å². The van der Waals surface area contributed by atoms with E-state index in [-0.39, 0.29) is 0 Å². The van der Waals surface area contributed by atoms with Crippen LogP contribution in [0.2, 0.25) is 0 Å². The van der Waals surface area contributed by atoms with Crippen LogP contribution in [0, 0.1) is 0 Å². The molecule has 0 saturated carbocycles. The van der Waals surface area contributed by atoms with Crippen LogP contribution in [-0.2, 0) is 4.84 Å². The molecule has 9 heavy (non-hydrogen) atoms. The maximum atomic E-state index is 5.36. The maximum Gasteiger partial charge on any atom is 0.265 e. The van der Waals surface area contributed by atoms with Gasteiger partial charge in [-0.05, 0) is 27.7 Å². The van der Waals surface area contributed by atoms with Crippen LogP contribution in [0.25, 0.3) is 0 Å². The predicted octanol–water partition coefficient (Wildman–Crippen LogP) is 1.52. The van der Waals surface area contributed by atoms with Crippen LogP contribution in [0.1, 0.15) is 27.7 Å². The van der Waals surface area contributed by atoms with Crippen LogP contribution in [0.5, 0.6) is 0 Å². The summed E-state index contributed by atoms with van der Waals surface area (Å²) >= 11 is 0. The second kappa shape index (κ2) is 1.96. The van der Waals surface area contributed by atoms with E-state index in [1.54, 1.807) is 0 Å². The normalized spacial score (nSPS) is 23.3. The van der Waals surface area contributed by atoms with Crippen LogP contribution in [0.4, 0.5) is 0 Å². The molecule has 0 aliphatic carbocycles. The Hall–Kier alpha value is -0.0800. The summed E-state index contributed by atoms with van der Waals surface area (Å²) in [6.07, 6.45) is 0. The second-order valence-electron chi connectivity index (χ2n) is 3.30. The predicted molar refractivity (Wildman–Crippen MR) is 36.5 cm³/mol. The highest BCUT2D eigenvalue weighted by molar-refractivity contribution is 4.48. The van der Waals surface area contributed by atoms with Gasteiger partial charge in [-0.2, -0.15) is 0 Å². The van der Waals surface area contributed by atoms with Gasteiger partial charge in [0.1, 0.15) is 12.1 Å². The molecule has 0 radical (unpaired) electrons. The zero-order chi connectivity index (χ0) is 7.07. The molecule has 2 heteroatoms. The Morgan fingerprint density at radius 3 is 1.44 bits per heavy atom. The molecule has 1 heterocycles. The van der Waals surface area contributed by atoms with E-state index in [2.05, 4.69) is 27.7 Å². The van der Waals surface area contributed by atoms with Gasteiger partial charge in [-0.25, -0.2) is 0 Å². The van der Waals surface area contributed by atoms with Crippen molar-refractivity contribution in [3.05, 3.63) is 0 Å². The molecule has 2 nitrogen and oxygen atoms in total. The van der Waals surface area contributed by atoms with Crippen molar-refractivity contribution in [1.82, 2.24) is 0 Å². The Bertz CT molecular complexity index is 95.5. The molecule has 0 N–H and O–H groups in total. The Kier molecular flexibility index (Phi) is 1.53. The van der Waals surface area contributed by atoms with E-state index >= 15 is 0 Å². The molecule has 0 spiro atoms. The van der Waals surface area contributed by atoms with Crippen molar-refractivity contribution in [2.45, 2.75) is 39.8 Å². The molecule has 1 rings (SSSR count). The van der Waals surface area contributed by atoms with Gasteiger partial charge < -0.3 is 0 Å². The molecule has 0 unspecified atom stereocenters. The standard InChI is InChI=1S/C7H16NO/c1-6(2)8(5-9-8)7(3)4/h6-7H,5H2,1-4H3/q+1. The fourth-order valence-electron chi connectivity index (χ4n) is 1.26. The lowest BCUT2D eigenvalue weighted by Gasteiger charge is -2.19. The van der Waals surface area contributed by atoms with Gasteiger partial charge in [0.05, 0.1) is 0 Å². The minimum Gasteiger partial charge on any atom is -0.142 e. The van der Waals surface area contributed by atoms with Gasteiger partial charge in [0.15, 0.2) is 0 Å². The topological polar surface area (TPSA) is 12.5 Å². The fraction of sp³-hybridized carbons (Fsp3) is 1.00. The zero-order valence-corrected chi connectivity index (χ0v) is 6.72. The first-order valence-electron chi connectivity index (χ1n) is 3.61. The van der Waals surface area contributed by atoms with Gasteiger partial charge in [-0.3, -0.25) is 0 Å². The minimum atomic E-state index is 0.616. The SMILES string of the molecule is CC(C)[N+]1(C(C)C)CO1. The number of hydroxylamine groups is 3. The average Bonchev–Trinajstić information content (AvgIpc) is 2.40. The quantitative estimate of drug-likeness (QED) is 0.408. The highest BCUT2D eigenvalue weighted by atomic mass is 16.9. The molecule has 1 fully saturated rings. The van der Waals surface area contributed by atoms with Crippen LogP contribution >= 0.6 is 0 Å². The smallest absolute Gasteiger partial charge is 0.142 e. The number of quaternary nitrogens is 1. The Morgan fingerprint density at radius 1 is 1.11 bits per heavy atom. The van der Waals surface area contributed by atoms with Gasteiger partial charge in [0.25, 0.3) is 6.73 Å². The van der Waals surface area contributed by atoms with Crippen molar-refractivity contribution in [3.8, 4) is 0 Å². The Balaban J connectivity index is 2.52. The van der Waals surface area contributed by atoms with Crippen LogP contribution in [-0.4, -0.2) is 23.5 Å². The van der Waals surface area contributed by atoms with Crippen molar-refractivity contribution in [2.24, 2.45) is 0 Å². The minimum absolute atomic E-state index is 0.616. The molecule has 0 aromatic rings. The van der Waals surface area contributed by atoms with Gasteiger partial charge in [0.2, 0.25) is 0 Å². The van der Waals surface area contributed by atoms with E-state index in [1.807, 2.05) is 0 Å². The molecule has 1 aliphatic heterocycles. The Morgan fingerprint density at radius 2 is 1.44 bits per heavy atom. The summed E-state index contributed by atoms with van der Waals surface area (Å²) in [5, 5.41) is 0. The molecule has 0 aromatic carbocycles. The Labute approximate surface area is 57.0 Å². The molecular weight excluding hydrogens is 114 g/mol. The van der Waals surface area contributed by atoms with Crippen LogP contribution in [0.3, 0.4) is 0 Å². The third-order valence-corrected chi connectivity index (χ3v) is 2.18. The van der Waals surface area contributed by atoms with E-state index < -0.39 is 0 Å². The molecular formula is C7H16NO+. The number of hydrogen-bond acceptors (Lipinski definition) is 1. The fourth-order valence-corrected chi connectivity index (χ4v) is 1.26. The van der Waals surface area contributed by atoms with Crippen molar-refractivity contribution < 1.29 is 9.48 Å². The summed E-state index contributed by atoms with van der Waals surface area (Å²) in [4.78, 5) is 5.36. The lowest BCUT2D eigenvalue weighted by molar-refractivity contribution is -0.954. The molecule has 0 atom stereocenters. The number of hydrogen-bond donors (Lipinski definition) is 0. The van der Waals surface area contributed by atoms with Crippen molar-refractivity contribution in [2.75, 3.05) is 6.73 Å². The number of nitrogens with zero attached hydrogens (tertiary/aromatic N) is 1. The van der Waals surface area contributed by atoms with E-state index in [4.69, 9.17) is 4.84 Å². The van der Waals surface area contributed by atoms with Gasteiger partial charge in [0, 0.05) is 0 Å². The van der Waals surface area contributed by atoms with Crippen LogP contribution in [0.15, 0.2) is 0 Å². The first-order chi connectivity index (χ1) is 4.09. The zero-order valence-electron chi connectivity index (χ0n) is 6.72. The largest absolute Gasteiger partial charge is 0.265 e. The first kappa shape index (κ1) is 7.03. The number of rotatable bonds is 2. The van der Waals surface area contributed by atoms with E-state index in [0.29, 0.717) is 12.1 Å². The second-order valence-corrected chi connectivity index (χ2v) is 3.30. The van der Waals surface area contributed by atoms with Crippen molar-refractivity contribution >= 4 is 0 Å². The molecule has 0 bridgehead atoms. The molecule has 0 aromatic heterocycles. The summed E-state index contributed by atoms with van der Waals surface area (Å²) in [5.74, 6) is 0. The molecule has 54 valence electrons. The van der Waals surface area contributed by atoms with Crippen LogP contribution < -0.4 is 0 Å². The van der Waals surface area contributed by atoms with E-state index in [9.17, 15) is 0 Å². The third-order valence-electron chi connectivity index (χ3n) is 2.18. The first-order valence-corrected chi connectivity index (χ1v) is 3.61. The summed E-state index contributed by atoms with van der Waals surface area (Å²) < 4.78 is 0.861. The summed E-state index contributed by atoms with van der Waals surface area (Å²) in [5.41, 5.74) is 0. The highest BCUT2D eigenvalue weighted by Gasteiger charge is 2.51. The summed E-state index contributed by atoms with van der Waals surface area (Å²) in [7, 11) is 0. The molecule has 1 saturated heterocycles. The molecule has 1 aliphatic rings. The van der Waals surface area contributed by atoms with E-state index in [1.165, 1.54) is 0 Å². The summed E-state index contributed by atoms with van der Waals surface area (Å²) in [6, 6.07) is 1.23. The average molecular weight is 130 g/mol. The van der Waals surface area contributed by atoms with Gasteiger partial charge in [-0.1, -0.05) is 0 Å². The lowest BCUT2D eigenvalue weighted by Crippen LogP contribution is -2.39. The third kappa shape index (κ3) is 0.970. The van der Waals surface area contributed by atoms with Crippen molar-refractivity contribution in [1.29, 1.82) is 0 Å². The van der Waals surface area contributed by atoms with Gasteiger partial charge in [-0.15, -0.1) is 9.48 Å².